The first kappa shape index (κ1) is 11.2. The second-order valence-electron chi connectivity index (χ2n) is 4.51. The van der Waals surface area contributed by atoms with E-state index in [1.807, 2.05) is 0 Å². The summed E-state index contributed by atoms with van der Waals surface area (Å²) in [5.41, 5.74) is 12.6. The summed E-state index contributed by atoms with van der Waals surface area (Å²) in [5.74, 6) is 0. The van der Waals surface area contributed by atoms with Crippen LogP contribution in [0, 0.1) is 0 Å². The predicted octanol–water partition coefficient (Wildman–Crippen LogP) is 1.39. The van der Waals surface area contributed by atoms with Crippen LogP contribution in [-0.4, -0.2) is 4.57 Å². The second kappa shape index (κ2) is 4.70. The Morgan fingerprint density at radius 3 is 2.62 bits per heavy atom. The largest absolute Gasteiger partial charge is 0.398 e. The highest BCUT2D eigenvalue weighted by molar-refractivity contribution is 5.38. The summed E-state index contributed by atoms with van der Waals surface area (Å²) >= 11 is 0. The molecule has 4 N–H and O–H groups in total. The third kappa shape index (κ3) is 2.11. The van der Waals surface area contributed by atoms with Crippen molar-refractivity contribution in [2.24, 2.45) is 5.73 Å². The van der Waals surface area contributed by atoms with Crippen LogP contribution in [0.3, 0.4) is 0 Å². The molecule has 0 aliphatic heterocycles. The maximum Gasteiger partial charge on any atom is 0.255 e. The molecule has 4 nitrogen and oxygen atoms in total. The van der Waals surface area contributed by atoms with Gasteiger partial charge in [0.15, 0.2) is 0 Å². The van der Waals surface area contributed by atoms with Gasteiger partial charge < -0.3 is 16.0 Å². The third-order valence-electron chi connectivity index (χ3n) is 3.33. The quantitative estimate of drug-likeness (QED) is 0.792. The SMILES string of the molecule is NCc1cc(N)cn(C2CCCCC2)c1=O. The molecule has 1 aliphatic rings. The highest BCUT2D eigenvalue weighted by Crippen LogP contribution is 2.27. The van der Waals surface area contributed by atoms with Gasteiger partial charge in [-0.15, -0.1) is 0 Å². The molecule has 0 unspecified atom stereocenters. The van der Waals surface area contributed by atoms with E-state index in [0.717, 1.165) is 12.8 Å². The smallest absolute Gasteiger partial charge is 0.255 e. The Balaban J connectivity index is 2.38. The minimum Gasteiger partial charge on any atom is -0.398 e. The van der Waals surface area contributed by atoms with Gasteiger partial charge in [0, 0.05) is 30.0 Å². The van der Waals surface area contributed by atoms with Crippen molar-refractivity contribution in [3.05, 3.63) is 28.2 Å². The fourth-order valence-corrected chi connectivity index (χ4v) is 2.46. The molecule has 0 aromatic carbocycles. The van der Waals surface area contributed by atoms with E-state index in [1.54, 1.807) is 16.8 Å². The Morgan fingerprint density at radius 2 is 2.00 bits per heavy atom. The van der Waals surface area contributed by atoms with Crippen LogP contribution in [-0.2, 0) is 6.54 Å². The number of anilines is 1. The molecule has 2 rings (SSSR count). The van der Waals surface area contributed by atoms with Gasteiger partial charge in [-0.1, -0.05) is 19.3 Å². The molecule has 4 heteroatoms. The number of nitrogens with zero attached hydrogens (tertiary/aromatic N) is 1. The third-order valence-corrected chi connectivity index (χ3v) is 3.33. The summed E-state index contributed by atoms with van der Waals surface area (Å²) in [6.07, 6.45) is 7.59. The lowest BCUT2D eigenvalue weighted by Crippen LogP contribution is -2.29. The highest BCUT2D eigenvalue weighted by Gasteiger charge is 2.17. The van der Waals surface area contributed by atoms with Crippen molar-refractivity contribution in [1.29, 1.82) is 0 Å². The Kier molecular flexibility index (Phi) is 3.29. The van der Waals surface area contributed by atoms with Gasteiger partial charge in [0.25, 0.3) is 5.56 Å². The van der Waals surface area contributed by atoms with E-state index in [-0.39, 0.29) is 12.1 Å². The van der Waals surface area contributed by atoms with Gasteiger partial charge in [0.05, 0.1) is 0 Å². The summed E-state index contributed by atoms with van der Waals surface area (Å²) in [6.45, 7) is 0.261. The molecule has 1 fully saturated rings. The molecule has 1 aromatic heterocycles. The monoisotopic (exact) mass is 221 g/mol. The van der Waals surface area contributed by atoms with Crippen molar-refractivity contribution in [1.82, 2.24) is 4.57 Å². The van der Waals surface area contributed by atoms with Crippen molar-refractivity contribution in [2.45, 2.75) is 44.7 Å². The number of aromatic nitrogens is 1. The number of nitrogen functional groups attached to an aromatic ring is 1. The molecule has 1 saturated carbocycles. The molecule has 0 amide bonds. The van der Waals surface area contributed by atoms with Gasteiger partial charge in [-0.05, 0) is 18.9 Å². The van der Waals surface area contributed by atoms with Gasteiger partial charge in [-0.25, -0.2) is 0 Å². The zero-order valence-corrected chi connectivity index (χ0v) is 9.48. The first-order chi connectivity index (χ1) is 7.72. The molecule has 0 spiro atoms. The van der Waals surface area contributed by atoms with Gasteiger partial charge >= 0.3 is 0 Å². The predicted molar refractivity (Wildman–Crippen MR) is 65.1 cm³/mol. The Bertz CT molecular complexity index is 419. The van der Waals surface area contributed by atoms with Crippen LogP contribution in [0.4, 0.5) is 5.69 Å². The topological polar surface area (TPSA) is 74.0 Å². The van der Waals surface area contributed by atoms with E-state index < -0.39 is 0 Å². The van der Waals surface area contributed by atoms with E-state index in [1.165, 1.54) is 19.3 Å². The zero-order valence-electron chi connectivity index (χ0n) is 9.48. The first-order valence-corrected chi connectivity index (χ1v) is 5.93. The Morgan fingerprint density at radius 1 is 1.31 bits per heavy atom. The summed E-state index contributed by atoms with van der Waals surface area (Å²) < 4.78 is 1.79. The van der Waals surface area contributed by atoms with Gasteiger partial charge in [-0.2, -0.15) is 0 Å². The van der Waals surface area contributed by atoms with E-state index in [9.17, 15) is 4.79 Å². The molecular formula is C12H19N3O. The van der Waals surface area contributed by atoms with Crippen LogP contribution < -0.4 is 17.0 Å². The normalized spacial score (nSPS) is 17.6. The van der Waals surface area contributed by atoms with E-state index in [4.69, 9.17) is 11.5 Å². The summed E-state index contributed by atoms with van der Waals surface area (Å²) in [4.78, 5) is 12.1. The van der Waals surface area contributed by atoms with E-state index in [0.29, 0.717) is 17.3 Å². The molecule has 1 aliphatic carbocycles. The lowest BCUT2D eigenvalue weighted by atomic mass is 9.95. The molecule has 1 heterocycles. The fraction of sp³-hybridized carbons (Fsp3) is 0.583. The van der Waals surface area contributed by atoms with Crippen molar-refractivity contribution >= 4 is 5.69 Å². The number of nitrogens with two attached hydrogens (primary N) is 2. The maximum absolute atomic E-state index is 12.1. The Labute approximate surface area is 95.3 Å². The second-order valence-corrected chi connectivity index (χ2v) is 4.51. The zero-order chi connectivity index (χ0) is 11.5. The van der Waals surface area contributed by atoms with Crippen LogP contribution in [0.1, 0.15) is 43.7 Å². The maximum atomic E-state index is 12.1. The highest BCUT2D eigenvalue weighted by atomic mass is 16.1. The molecule has 1 aromatic rings. The van der Waals surface area contributed by atoms with Gasteiger partial charge in [-0.3, -0.25) is 4.79 Å². The molecule has 0 saturated heterocycles. The van der Waals surface area contributed by atoms with Crippen LogP contribution in [0.25, 0.3) is 0 Å². The average Bonchev–Trinajstić information content (AvgIpc) is 2.33. The van der Waals surface area contributed by atoms with Gasteiger partial charge in [0.1, 0.15) is 0 Å². The molecule has 0 atom stereocenters. The summed E-state index contributed by atoms with van der Waals surface area (Å²) in [7, 11) is 0. The Hall–Kier alpha value is -1.29. The standard InChI is InChI=1S/C12H19N3O/c13-7-9-6-10(14)8-15(12(9)16)11-4-2-1-3-5-11/h6,8,11H,1-5,7,13-14H2. The van der Waals surface area contributed by atoms with E-state index in [2.05, 4.69) is 0 Å². The molecule has 0 bridgehead atoms. The van der Waals surface area contributed by atoms with Crippen molar-refractivity contribution in [3.8, 4) is 0 Å². The number of rotatable bonds is 2. The minimum atomic E-state index is 0.0311. The van der Waals surface area contributed by atoms with Crippen molar-refractivity contribution in [3.63, 3.8) is 0 Å². The summed E-state index contributed by atoms with van der Waals surface area (Å²) in [5, 5.41) is 0. The number of hydrogen-bond acceptors (Lipinski definition) is 3. The molecule has 16 heavy (non-hydrogen) atoms. The fourth-order valence-electron chi connectivity index (χ4n) is 2.46. The van der Waals surface area contributed by atoms with Crippen LogP contribution >= 0.6 is 0 Å². The lowest BCUT2D eigenvalue weighted by Gasteiger charge is -2.24. The van der Waals surface area contributed by atoms with Crippen LogP contribution in [0.5, 0.6) is 0 Å². The molecule has 0 radical (unpaired) electrons. The van der Waals surface area contributed by atoms with E-state index >= 15 is 0 Å². The van der Waals surface area contributed by atoms with Gasteiger partial charge in [0.2, 0.25) is 0 Å². The minimum absolute atomic E-state index is 0.0311. The van der Waals surface area contributed by atoms with Crippen LogP contribution in [0.2, 0.25) is 0 Å². The summed E-state index contributed by atoms with van der Waals surface area (Å²) in [6, 6.07) is 2.00. The lowest BCUT2D eigenvalue weighted by molar-refractivity contribution is 0.345. The average molecular weight is 221 g/mol. The number of pyridine rings is 1. The molecular weight excluding hydrogens is 202 g/mol. The van der Waals surface area contributed by atoms with Crippen molar-refractivity contribution in [2.75, 3.05) is 5.73 Å². The molecule has 88 valence electrons. The van der Waals surface area contributed by atoms with Crippen LogP contribution in [0.15, 0.2) is 17.1 Å². The first-order valence-electron chi connectivity index (χ1n) is 5.93. The number of hydrogen-bond donors (Lipinski definition) is 2. The van der Waals surface area contributed by atoms with Crippen molar-refractivity contribution < 1.29 is 0 Å².